The maximum Gasteiger partial charge on any atom is 0.135 e. The van der Waals surface area contributed by atoms with E-state index in [-0.39, 0.29) is 6.61 Å². The Balaban J connectivity index is 2.39. The molecule has 0 aliphatic carbocycles. The van der Waals surface area contributed by atoms with Crippen molar-refractivity contribution >= 4 is 15.9 Å². The van der Waals surface area contributed by atoms with E-state index in [9.17, 15) is 0 Å². The Morgan fingerprint density at radius 1 is 1.36 bits per heavy atom. The second-order valence-corrected chi connectivity index (χ2v) is 3.73. The summed E-state index contributed by atoms with van der Waals surface area (Å²) < 4.78 is 6.26. The Morgan fingerprint density at radius 2 is 2.21 bits per heavy atom. The molecule has 0 saturated heterocycles. The van der Waals surface area contributed by atoms with Crippen LogP contribution in [0.15, 0.2) is 39.5 Å². The van der Waals surface area contributed by atoms with E-state index in [1.54, 1.807) is 18.5 Å². The fourth-order valence-electron chi connectivity index (χ4n) is 1.16. The van der Waals surface area contributed by atoms with E-state index in [1.807, 2.05) is 12.1 Å². The van der Waals surface area contributed by atoms with Crippen LogP contribution in [0.5, 0.6) is 0 Å². The first-order valence-electron chi connectivity index (χ1n) is 4.10. The average Bonchev–Trinajstić information content (AvgIpc) is 2.66. The predicted octanol–water partition coefficient (Wildman–Crippen LogP) is 2.60. The number of aliphatic hydroxyl groups excluding tert-OH is 1. The molecule has 2 aromatic rings. The number of rotatable bonds is 2. The highest BCUT2D eigenvalue weighted by Crippen LogP contribution is 2.23. The van der Waals surface area contributed by atoms with E-state index in [4.69, 9.17) is 9.52 Å². The van der Waals surface area contributed by atoms with Crippen molar-refractivity contribution in [1.29, 1.82) is 0 Å². The number of pyridine rings is 1. The Hall–Kier alpha value is -1.13. The first kappa shape index (κ1) is 9.43. The first-order chi connectivity index (χ1) is 6.79. The molecule has 2 rings (SSSR count). The third-order valence-corrected chi connectivity index (χ3v) is 2.24. The summed E-state index contributed by atoms with van der Waals surface area (Å²) in [5.41, 5.74) is 0.888. The topological polar surface area (TPSA) is 46.3 Å². The van der Waals surface area contributed by atoms with E-state index < -0.39 is 0 Å². The first-order valence-corrected chi connectivity index (χ1v) is 4.89. The van der Waals surface area contributed by atoms with Gasteiger partial charge in [-0.15, -0.1) is 0 Å². The molecule has 0 fully saturated rings. The number of nitrogens with zero attached hydrogens (tertiary/aromatic N) is 1. The second-order valence-electron chi connectivity index (χ2n) is 2.82. The number of furan rings is 1. The maximum atomic E-state index is 8.83. The van der Waals surface area contributed by atoms with Crippen molar-refractivity contribution in [2.45, 2.75) is 6.61 Å². The molecule has 14 heavy (non-hydrogen) atoms. The Labute approximate surface area is 89.5 Å². The van der Waals surface area contributed by atoms with Crippen LogP contribution < -0.4 is 0 Å². The molecule has 0 amide bonds. The molecule has 0 aliphatic heterocycles. The van der Waals surface area contributed by atoms with Gasteiger partial charge >= 0.3 is 0 Å². The molecule has 4 heteroatoms. The number of halogens is 1. The molecule has 0 radical (unpaired) electrons. The van der Waals surface area contributed by atoms with Crippen molar-refractivity contribution in [3.05, 3.63) is 40.8 Å². The van der Waals surface area contributed by atoms with E-state index >= 15 is 0 Å². The predicted molar refractivity (Wildman–Crippen MR) is 55.6 cm³/mol. The molecule has 2 aromatic heterocycles. The monoisotopic (exact) mass is 253 g/mol. The van der Waals surface area contributed by atoms with Gasteiger partial charge in [0.2, 0.25) is 0 Å². The van der Waals surface area contributed by atoms with Crippen LogP contribution in [0.25, 0.3) is 11.3 Å². The van der Waals surface area contributed by atoms with Gasteiger partial charge in [-0.3, -0.25) is 4.98 Å². The van der Waals surface area contributed by atoms with Crippen molar-refractivity contribution in [1.82, 2.24) is 4.98 Å². The lowest BCUT2D eigenvalue weighted by Crippen LogP contribution is -1.78. The summed E-state index contributed by atoms with van der Waals surface area (Å²) in [7, 11) is 0. The molecule has 0 unspecified atom stereocenters. The average molecular weight is 254 g/mol. The molecule has 0 spiro atoms. The molecule has 0 atom stereocenters. The van der Waals surface area contributed by atoms with Gasteiger partial charge in [0.25, 0.3) is 0 Å². The summed E-state index contributed by atoms with van der Waals surface area (Å²) in [6, 6.07) is 5.47. The smallest absolute Gasteiger partial charge is 0.135 e. The van der Waals surface area contributed by atoms with E-state index in [1.165, 1.54) is 0 Å². The van der Waals surface area contributed by atoms with Gasteiger partial charge in [0.1, 0.15) is 18.1 Å². The lowest BCUT2D eigenvalue weighted by Gasteiger charge is -1.96. The third-order valence-electron chi connectivity index (χ3n) is 1.81. The largest absolute Gasteiger partial charge is 0.459 e. The van der Waals surface area contributed by atoms with Crippen LogP contribution >= 0.6 is 15.9 Å². The van der Waals surface area contributed by atoms with Gasteiger partial charge in [-0.1, -0.05) is 0 Å². The van der Waals surface area contributed by atoms with Crippen LogP contribution in [-0.2, 0) is 6.61 Å². The van der Waals surface area contributed by atoms with Crippen LogP contribution in [-0.4, -0.2) is 10.1 Å². The Kier molecular flexibility index (Phi) is 2.65. The van der Waals surface area contributed by atoms with Crippen LogP contribution in [0.1, 0.15) is 5.76 Å². The molecule has 0 aromatic carbocycles. The quantitative estimate of drug-likeness (QED) is 0.895. The zero-order chi connectivity index (χ0) is 9.97. The van der Waals surface area contributed by atoms with Crippen molar-refractivity contribution < 1.29 is 9.52 Å². The second kappa shape index (κ2) is 3.94. The highest BCUT2D eigenvalue weighted by atomic mass is 79.9. The molecular formula is C10H8BrNO2. The van der Waals surface area contributed by atoms with Gasteiger partial charge in [0.15, 0.2) is 0 Å². The molecular weight excluding hydrogens is 246 g/mol. The minimum absolute atomic E-state index is 0.0819. The van der Waals surface area contributed by atoms with Crippen molar-refractivity contribution in [2.75, 3.05) is 0 Å². The zero-order valence-electron chi connectivity index (χ0n) is 7.27. The highest BCUT2D eigenvalue weighted by Gasteiger charge is 2.04. The summed E-state index contributed by atoms with van der Waals surface area (Å²) in [4.78, 5) is 4.03. The number of hydrogen-bond acceptors (Lipinski definition) is 3. The fraction of sp³-hybridized carbons (Fsp3) is 0.100. The maximum absolute atomic E-state index is 8.83. The number of aromatic nitrogens is 1. The SMILES string of the molecule is OCc1ccc(-c2cncc(Br)c2)o1. The van der Waals surface area contributed by atoms with Gasteiger partial charge in [0.05, 0.1) is 0 Å². The minimum Gasteiger partial charge on any atom is -0.459 e. The molecule has 72 valence electrons. The normalized spacial score (nSPS) is 10.4. The molecule has 0 bridgehead atoms. The van der Waals surface area contributed by atoms with Crippen molar-refractivity contribution in [3.63, 3.8) is 0 Å². The Bertz CT molecular complexity index is 439. The van der Waals surface area contributed by atoms with Gasteiger partial charge < -0.3 is 9.52 Å². The van der Waals surface area contributed by atoms with E-state index in [2.05, 4.69) is 20.9 Å². The van der Waals surface area contributed by atoms with Crippen LogP contribution in [0.3, 0.4) is 0 Å². The summed E-state index contributed by atoms with van der Waals surface area (Å²) in [6.07, 6.45) is 3.42. The molecule has 0 aliphatic rings. The summed E-state index contributed by atoms with van der Waals surface area (Å²) in [5.74, 6) is 1.27. The molecule has 2 heterocycles. The zero-order valence-corrected chi connectivity index (χ0v) is 8.86. The van der Waals surface area contributed by atoms with E-state index in [0.29, 0.717) is 11.5 Å². The Morgan fingerprint density at radius 3 is 2.86 bits per heavy atom. The highest BCUT2D eigenvalue weighted by molar-refractivity contribution is 9.10. The number of aliphatic hydroxyl groups is 1. The van der Waals surface area contributed by atoms with Crippen LogP contribution in [0.4, 0.5) is 0 Å². The van der Waals surface area contributed by atoms with Crippen molar-refractivity contribution in [2.24, 2.45) is 0 Å². The van der Waals surface area contributed by atoms with Gasteiger partial charge in [-0.05, 0) is 34.1 Å². The number of hydrogen-bond donors (Lipinski definition) is 1. The lowest BCUT2D eigenvalue weighted by atomic mass is 10.2. The fourth-order valence-corrected chi connectivity index (χ4v) is 1.53. The molecule has 1 N–H and O–H groups in total. The summed E-state index contributed by atoms with van der Waals surface area (Å²) in [6.45, 7) is -0.0819. The summed E-state index contributed by atoms with van der Waals surface area (Å²) >= 11 is 3.33. The van der Waals surface area contributed by atoms with E-state index in [0.717, 1.165) is 10.0 Å². The lowest BCUT2D eigenvalue weighted by molar-refractivity contribution is 0.248. The van der Waals surface area contributed by atoms with Gasteiger partial charge in [-0.2, -0.15) is 0 Å². The summed E-state index contributed by atoms with van der Waals surface area (Å²) in [5, 5.41) is 8.83. The van der Waals surface area contributed by atoms with Crippen LogP contribution in [0, 0.1) is 0 Å². The minimum atomic E-state index is -0.0819. The molecule has 0 saturated carbocycles. The molecule has 3 nitrogen and oxygen atoms in total. The standard InChI is InChI=1S/C10H8BrNO2/c11-8-3-7(4-12-5-8)10-2-1-9(6-13)14-10/h1-5,13H,6H2. The third kappa shape index (κ3) is 1.86. The van der Waals surface area contributed by atoms with Crippen molar-refractivity contribution in [3.8, 4) is 11.3 Å². The van der Waals surface area contributed by atoms with Gasteiger partial charge in [-0.25, -0.2) is 0 Å². The van der Waals surface area contributed by atoms with Gasteiger partial charge in [0, 0.05) is 22.4 Å². The van der Waals surface area contributed by atoms with Crippen LogP contribution in [0.2, 0.25) is 0 Å².